The number of rotatable bonds is 10. The Hall–Kier alpha value is -0.750. The molecule has 2 unspecified atom stereocenters. The number of esters is 2. The Kier molecular flexibility index (Phi) is 8.75. The van der Waals surface area contributed by atoms with Crippen LogP contribution in [0, 0.1) is 17.3 Å². The van der Waals surface area contributed by atoms with Crippen molar-refractivity contribution in [3.05, 3.63) is 0 Å². The quantitative estimate of drug-likeness (QED) is 0.334. The van der Waals surface area contributed by atoms with Crippen molar-refractivity contribution in [2.45, 2.75) is 40.5 Å². The molecular weight excluding hydrogens is 338 g/mol. The summed E-state index contributed by atoms with van der Waals surface area (Å²) in [5.41, 5.74) is -0.481. The molecule has 0 amide bonds. The number of thioether (sulfide) groups is 1. The zero-order valence-corrected chi connectivity index (χ0v) is 17.6. The third-order valence-electron chi connectivity index (χ3n) is 5.11. The van der Waals surface area contributed by atoms with E-state index in [1.54, 1.807) is 0 Å². The monoisotopic (exact) mass is 374 g/mol. The summed E-state index contributed by atoms with van der Waals surface area (Å²) in [5, 5.41) is 0. The summed E-state index contributed by atoms with van der Waals surface area (Å²) in [6.07, 6.45) is 1.14. The van der Waals surface area contributed by atoms with E-state index in [0.717, 1.165) is 34.2 Å². The predicted octanol–water partition coefficient (Wildman–Crippen LogP) is 2.97. The van der Waals surface area contributed by atoms with Crippen LogP contribution >= 0.6 is 11.8 Å². The van der Waals surface area contributed by atoms with Crippen LogP contribution in [0.3, 0.4) is 0 Å². The average Bonchev–Trinajstić information content (AvgIpc) is 2.79. The van der Waals surface area contributed by atoms with E-state index in [4.69, 9.17) is 9.47 Å². The van der Waals surface area contributed by atoms with E-state index in [0.29, 0.717) is 6.42 Å². The molecule has 0 spiro atoms. The fraction of sp³-hybridized carbons (Fsp3) is 0.895. The Balaban J connectivity index is 2.07. The van der Waals surface area contributed by atoms with Gasteiger partial charge in [-0.05, 0) is 20.3 Å². The maximum absolute atomic E-state index is 11.8. The van der Waals surface area contributed by atoms with Crippen LogP contribution in [0.4, 0.5) is 0 Å². The molecule has 5 nitrogen and oxygen atoms in total. The molecule has 1 fully saturated rings. The molecule has 146 valence electrons. The Bertz CT molecular complexity index is 451. The number of nitrogens with zero attached hydrogens (tertiary/aromatic N) is 1. The highest BCUT2D eigenvalue weighted by Gasteiger charge is 2.36. The Labute approximate surface area is 157 Å². The highest BCUT2D eigenvalue weighted by molar-refractivity contribution is 7.99. The van der Waals surface area contributed by atoms with Crippen LogP contribution in [0.25, 0.3) is 0 Å². The predicted molar refractivity (Wildman–Crippen MR) is 102 cm³/mol. The molecule has 0 aromatic carbocycles. The smallest absolute Gasteiger partial charge is 0.311 e. The molecule has 0 radical (unpaired) electrons. The molecule has 0 N–H and O–H groups in total. The second-order valence-corrected chi connectivity index (χ2v) is 9.61. The first-order valence-electron chi connectivity index (χ1n) is 9.30. The van der Waals surface area contributed by atoms with Crippen LogP contribution in [-0.4, -0.2) is 68.3 Å². The lowest BCUT2D eigenvalue weighted by atomic mass is 9.91. The van der Waals surface area contributed by atoms with Crippen molar-refractivity contribution in [3.63, 3.8) is 0 Å². The van der Waals surface area contributed by atoms with Crippen LogP contribution in [0.1, 0.15) is 40.5 Å². The topological polar surface area (TPSA) is 52.6 Å². The second-order valence-electron chi connectivity index (χ2n) is 8.46. The van der Waals surface area contributed by atoms with Crippen LogP contribution in [0.15, 0.2) is 0 Å². The second kappa shape index (κ2) is 9.81. The molecule has 1 heterocycles. The molecule has 1 rings (SSSR count). The van der Waals surface area contributed by atoms with Gasteiger partial charge in [0.05, 0.1) is 39.0 Å². The summed E-state index contributed by atoms with van der Waals surface area (Å²) in [6, 6.07) is 0. The van der Waals surface area contributed by atoms with E-state index in [2.05, 4.69) is 21.0 Å². The molecule has 6 heteroatoms. The zero-order valence-electron chi connectivity index (χ0n) is 16.8. The van der Waals surface area contributed by atoms with E-state index in [1.807, 2.05) is 32.5 Å². The van der Waals surface area contributed by atoms with E-state index >= 15 is 0 Å². The molecule has 0 saturated carbocycles. The lowest BCUT2D eigenvalue weighted by Crippen LogP contribution is -2.37. The lowest BCUT2D eigenvalue weighted by Gasteiger charge is -2.23. The minimum absolute atomic E-state index is 0.133. The van der Waals surface area contributed by atoms with Gasteiger partial charge in [0.25, 0.3) is 0 Å². The third kappa shape index (κ3) is 7.99. The Morgan fingerprint density at radius 1 is 1.16 bits per heavy atom. The van der Waals surface area contributed by atoms with Crippen molar-refractivity contribution in [2.24, 2.45) is 17.3 Å². The maximum atomic E-state index is 11.8. The van der Waals surface area contributed by atoms with Gasteiger partial charge in [-0.25, -0.2) is 0 Å². The number of ether oxygens (including phenoxy) is 2. The van der Waals surface area contributed by atoms with Crippen molar-refractivity contribution in [1.29, 1.82) is 0 Å². The SMILES string of the molecule is CCC(C)(C)C(=O)OCCOC(=O)CCSCC1C[N+](C)(C)CC1C. The van der Waals surface area contributed by atoms with Gasteiger partial charge in [0, 0.05) is 23.3 Å². The summed E-state index contributed by atoms with van der Waals surface area (Å²) in [5.74, 6) is 2.93. The molecule has 0 aromatic rings. The van der Waals surface area contributed by atoms with Crippen LogP contribution in [0.5, 0.6) is 0 Å². The van der Waals surface area contributed by atoms with Crippen molar-refractivity contribution < 1.29 is 23.5 Å². The van der Waals surface area contributed by atoms with Gasteiger partial charge in [0.1, 0.15) is 13.2 Å². The fourth-order valence-corrected chi connectivity index (χ4v) is 4.34. The van der Waals surface area contributed by atoms with Gasteiger partial charge in [-0.2, -0.15) is 11.8 Å². The molecule has 0 aliphatic carbocycles. The van der Waals surface area contributed by atoms with Gasteiger partial charge in [0.15, 0.2) is 0 Å². The van der Waals surface area contributed by atoms with Crippen molar-refractivity contribution in [1.82, 2.24) is 0 Å². The molecule has 25 heavy (non-hydrogen) atoms. The van der Waals surface area contributed by atoms with E-state index in [9.17, 15) is 9.59 Å². The van der Waals surface area contributed by atoms with Crippen molar-refractivity contribution in [2.75, 3.05) is 51.9 Å². The number of hydrogen-bond acceptors (Lipinski definition) is 5. The van der Waals surface area contributed by atoms with E-state index in [1.165, 1.54) is 13.1 Å². The van der Waals surface area contributed by atoms with Crippen molar-refractivity contribution in [3.8, 4) is 0 Å². The lowest BCUT2D eigenvalue weighted by molar-refractivity contribution is -0.880. The highest BCUT2D eigenvalue weighted by Crippen LogP contribution is 2.29. The van der Waals surface area contributed by atoms with Gasteiger partial charge < -0.3 is 14.0 Å². The maximum Gasteiger partial charge on any atom is 0.311 e. The summed E-state index contributed by atoms with van der Waals surface area (Å²) in [7, 11) is 4.57. The van der Waals surface area contributed by atoms with Crippen LogP contribution in [0.2, 0.25) is 0 Å². The molecule has 1 aliphatic rings. The van der Waals surface area contributed by atoms with Crippen molar-refractivity contribution >= 4 is 23.7 Å². The summed E-state index contributed by atoms with van der Waals surface area (Å²) >= 11 is 1.84. The normalized spacial score (nSPS) is 22.6. The van der Waals surface area contributed by atoms with Gasteiger partial charge >= 0.3 is 11.9 Å². The first-order chi connectivity index (χ1) is 11.6. The summed E-state index contributed by atoms with van der Waals surface area (Å²) in [4.78, 5) is 23.5. The third-order valence-corrected chi connectivity index (χ3v) is 6.27. The molecular formula is C19H36NO4S+. The first kappa shape index (κ1) is 22.3. The zero-order chi connectivity index (χ0) is 19.1. The summed E-state index contributed by atoms with van der Waals surface area (Å²) in [6.45, 7) is 10.7. The molecule has 1 aliphatic heterocycles. The number of likely N-dealkylation sites (tertiary alicyclic amines) is 1. The van der Waals surface area contributed by atoms with Crippen LogP contribution < -0.4 is 0 Å². The van der Waals surface area contributed by atoms with Crippen LogP contribution in [-0.2, 0) is 19.1 Å². The standard InChI is InChI=1S/C19H36NO4S/c1-7-19(3,4)18(22)24-10-9-23-17(21)8-11-25-14-16-13-20(5,6)12-15(16)2/h15-16H,7-14H2,1-6H3/q+1. The minimum atomic E-state index is -0.481. The Morgan fingerprint density at radius 3 is 2.36 bits per heavy atom. The molecule has 0 bridgehead atoms. The average molecular weight is 375 g/mol. The number of carbonyl (C=O) groups excluding carboxylic acids is 2. The highest BCUT2D eigenvalue weighted by atomic mass is 32.2. The minimum Gasteiger partial charge on any atom is -0.462 e. The fourth-order valence-electron chi connectivity index (χ4n) is 3.13. The van der Waals surface area contributed by atoms with Gasteiger partial charge in [-0.15, -0.1) is 0 Å². The summed E-state index contributed by atoms with van der Waals surface area (Å²) < 4.78 is 11.4. The number of quaternary nitrogens is 1. The first-order valence-corrected chi connectivity index (χ1v) is 10.5. The van der Waals surface area contributed by atoms with E-state index < -0.39 is 5.41 Å². The largest absolute Gasteiger partial charge is 0.462 e. The molecule has 0 aromatic heterocycles. The van der Waals surface area contributed by atoms with Gasteiger partial charge in [-0.1, -0.05) is 13.8 Å². The number of carbonyl (C=O) groups is 2. The Morgan fingerprint density at radius 2 is 1.80 bits per heavy atom. The van der Waals surface area contributed by atoms with E-state index in [-0.39, 0.29) is 25.2 Å². The number of hydrogen-bond donors (Lipinski definition) is 0. The molecule has 2 atom stereocenters. The van der Waals surface area contributed by atoms with Gasteiger partial charge in [0.2, 0.25) is 0 Å². The van der Waals surface area contributed by atoms with Gasteiger partial charge in [-0.3, -0.25) is 9.59 Å². The molecule has 1 saturated heterocycles.